The molecule has 1 amide bonds. The molecular formula is C19H25NO4. The maximum Gasteiger partial charge on any atom is 0.306 e. The molecule has 2 saturated heterocycles. The third kappa shape index (κ3) is 3.18. The first-order valence-corrected chi connectivity index (χ1v) is 8.79. The molecule has 0 aromatic heterocycles. The smallest absolute Gasteiger partial charge is 0.306 e. The van der Waals surface area contributed by atoms with Crippen LogP contribution in [-0.4, -0.2) is 36.2 Å². The number of esters is 1. The molecular weight excluding hydrogens is 306 g/mol. The highest BCUT2D eigenvalue weighted by Crippen LogP contribution is 2.43. The molecule has 24 heavy (non-hydrogen) atoms. The summed E-state index contributed by atoms with van der Waals surface area (Å²) in [6, 6.07) is 9.99. The lowest BCUT2D eigenvalue weighted by molar-refractivity contribution is -0.157. The normalized spacial score (nSPS) is 29.4. The maximum atomic E-state index is 12.8. The molecule has 4 atom stereocenters. The molecule has 0 bridgehead atoms. The topological polar surface area (TPSA) is 55.8 Å². The fraction of sp³-hybridized carbons (Fsp3) is 0.579. The highest BCUT2D eigenvalue weighted by atomic mass is 16.5. The number of carbonyl (C=O) groups is 2. The van der Waals surface area contributed by atoms with Crippen molar-refractivity contribution in [3.8, 4) is 0 Å². The Morgan fingerprint density at radius 3 is 2.71 bits per heavy atom. The van der Waals surface area contributed by atoms with E-state index in [-0.39, 0.29) is 36.0 Å². The van der Waals surface area contributed by atoms with Gasteiger partial charge in [0.05, 0.1) is 19.3 Å². The number of fused-ring (bicyclic) bond motifs is 1. The Labute approximate surface area is 142 Å². The second-order valence-electron chi connectivity index (χ2n) is 6.50. The van der Waals surface area contributed by atoms with Crippen molar-refractivity contribution in [2.75, 3.05) is 13.2 Å². The lowest BCUT2D eigenvalue weighted by atomic mass is 9.79. The Balaban J connectivity index is 1.78. The number of amides is 1. The molecule has 0 N–H and O–H groups in total. The van der Waals surface area contributed by atoms with E-state index in [0.717, 1.165) is 12.0 Å². The van der Waals surface area contributed by atoms with Gasteiger partial charge in [0.15, 0.2) is 0 Å². The molecule has 0 spiro atoms. The van der Waals surface area contributed by atoms with Gasteiger partial charge in [0.1, 0.15) is 6.23 Å². The molecule has 1 aromatic carbocycles. The zero-order valence-corrected chi connectivity index (χ0v) is 14.3. The van der Waals surface area contributed by atoms with Crippen LogP contribution in [-0.2, 0) is 19.1 Å². The lowest BCUT2D eigenvalue weighted by Crippen LogP contribution is -2.50. The van der Waals surface area contributed by atoms with E-state index in [1.165, 1.54) is 0 Å². The predicted octanol–water partition coefficient (Wildman–Crippen LogP) is 2.91. The second-order valence-corrected chi connectivity index (χ2v) is 6.50. The fourth-order valence-electron chi connectivity index (χ4n) is 4.01. The van der Waals surface area contributed by atoms with E-state index >= 15 is 0 Å². The third-order valence-electron chi connectivity index (χ3n) is 5.12. The molecule has 2 fully saturated rings. The Kier molecular flexibility index (Phi) is 5.19. The molecule has 130 valence electrons. The first kappa shape index (κ1) is 17.0. The van der Waals surface area contributed by atoms with E-state index in [4.69, 9.17) is 9.47 Å². The van der Waals surface area contributed by atoms with Crippen LogP contribution in [0.25, 0.3) is 0 Å². The first-order valence-electron chi connectivity index (χ1n) is 8.79. The molecule has 0 saturated carbocycles. The summed E-state index contributed by atoms with van der Waals surface area (Å²) in [7, 11) is 0. The van der Waals surface area contributed by atoms with E-state index in [0.29, 0.717) is 26.1 Å². The van der Waals surface area contributed by atoms with E-state index < -0.39 is 0 Å². The average molecular weight is 331 g/mol. The third-order valence-corrected chi connectivity index (χ3v) is 5.12. The molecule has 5 heteroatoms. The Morgan fingerprint density at radius 2 is 2.04 bits per heavy atom. The van der Waals surface area contributed by atoms with Gasteiger partial charge >= 0.3 is 5.97 Å². The van der Waals surface area contributed by atoms with Gasteiger partial charge in [0.25, 0.3) is 0 Å². The molecule has 0 aliphatic carbocycles. The van der Waals surface area contributed by atoms with Crippen LogP contribution < -0.4 is 0 Å². The monoisotopic (exact) mass is 331 g/mol. The first-order chi connectivity index (χ1) is 11.7. The Morgan fingerprint density at radius 1 is 1.29 bits per heavy atom. The average Bonchev–Trinajstić information content (AvgIpc) is 3.02. The van der Waals surface area contributed by atoms with Gasteiger partial charge in [-0.2, -0.15) is 0 Å². The molecule has 0 unspecified atom stereocenters. The summed E-state index contributed by atoms with van der Waals surface area (Å²) >= 11 is 0. The summed E-state index contributed by atoms with van der Waals surface area (Å²) in [5.41, 5.74) is 1.10. The number of hydrogen-bond donors (Lipinski definition) is 0. The SMILES string of the molecule is CCOC(=O)C[C@H]1CC(=O)N2[C@H](OC[C@H]2c2ccccc2)[C@H]1CC. The highest BCUT2D eigenvalue weighted by Gasteiger charge is 2.49. The van der Waals surface area contributed by atoms with Gasteiger partial charge < -0.3 is 14.4 Å². The molecule has 5 nitrogen and oxygen atoms in total. The van der Waals surface area contributed by atoms with Gasteiger partial charge in [0, 0.05) is 18.8 Å². The van der Waals surface area contributed by atoms with E-state index in [2.05, 4.69) is 6.92 Å². The minimum Gasteiger partial charge on any atom is -0.466 e. The van der Waals surface area contributed by atoms with E-state index in [9.17, 15) is 9.59 Å². The summed E-state index contributed by atoms with van der Waals surface area (Å²) in [5.74, 6) is 0.0169. The summed E-state index contributed by atoms with van der Waals surface area (Å²) in [6.07, 6.45) is 1.32. The molecule has 2 heterocycles. The van der Waals surface area contributed by atoms with Crippen LogP contribution in [0.15, 0.2) is 30.3 Å². The number of piperidine rings is 1. The van der Waals surface area contributed by atoms with Crippen molar-refractivity contribution in [2.24, 2.45) is 11.8 Å². The minimum atomic E-state index is -0.235. The molecule has 1 aromatic rings. The number of rotatable bonds is 5. The zero-order valence-electron chi connectivity index (χ0n) is 14.3. The van der Waals surface area contributed by atoms with Gasteiger partial charge in [0.2, 0.25) is 5.91 Å². The molecule has 0 radical (unpaired) electrons. The quantitative estimate of drug-likeness (QED) is 0.779. The standard InChI is InChI=1S/C19H25NO4/c1-3-15-14(11-18(22)23-4-2)10-17(21)20-16(12-24-19(15)20)13-8-6-5-7-9-13/h5-9,14-16,19H,3-4,10-12H2,1-2H3/t14-,15+,16+,19-/m1/s1. The van der Waals surface area contributed by atoms with E-state index in [1.54, 1.807) is 6.92 Å². The minimum absolute atomic E-state index is 0.00248. The van der Waals surface area contributed by atoms with Crippen LogP contribution in [0, 0.1) is 11.8 Å². The van der Waals surface area contributed by atoms with Crippen molar-refractivity contribution >= 4 is 11.9 Å². The summed E-state index contributed by atoms with van der Waals surface area (Å²) < 4.78 is 11.1. The van der Waals surface area contributed by atoms with Gasteiger partial charge in [-0.3, -0.25) is 9.59 Å². The maximum absolute atomic E-state index is 12.8. The number of hydrogen-bond acceptors (Lipinski definition) is 4. The van der Waals surface area contributed by atoms with E-state index in [1.807, 2.05) is 35.2 Å². The summed E-state index contributed by atoms with van der Waals surface area (Å²) in [6.45, 7) is 4.78. The van der Waals surface area contributed by atoms with Crippen LogP contribution in [0.4, 0.5) is 0 Å². The van der Waals surface area contributed by atoms with Crippen LogP contribution in [0.5, 0.6) is 0 Å². The van der Waals surface area contributed by atoms with Crippen LogP contribution in [0.1, 0.15) is 44.7 Å². The van der Waals surface area contributed by atoms with Crippen LogP contribution in [0.2, 0.25) is 0 Å². The number of benzene rings is 1. The van der Waals surface area contributed by atoms with Crippen LogP contribution >= 0.6 is 0 Å². The molecule has 2 aliphatic rings. The van der Waals surface area contributed by atoms with Crippen molar-refractivity contribution in [1.82, 2.24) is 4.90 Å². The van der Waals surface area contributed by atoms with Gasteiger partial charge in [-0.05, 0) is 24.8 Å². The van der Waals surface area contributed by atoms with Crippen molar-refractivity contribution in [3.63, 3.8) is 0 Å². The van der Waals surface area contributed by atoms with Gasteiger partial charge in [-0.25, -0.2) is 0 Å². The zero-order chi connectivity index (χ0) is 17.1. The largest absolute Gasteiger partial charge is 0.466 e. The number of carbonyl (C=O) groups excluding carboxylic acids is 2. The molecule has 2 aliphatic heterocycles. The van der Waals surface area contributed by atoms with Crippen LogP contribution in [0.3, 0.4) is 0 Å². The molecule has 3 rings (SSSR count). The van der Waals surface area contributed by atoms with Gasteiger partial charge in [-0.15, -0.1) is 0 Å². The van der Waals surface area contributed by atoms with Crippen molar-refractivity contribution < 1.29 is 19.1 Å². The number of nitrogens with zero attached hydrogens (tertiary/aromatic N) is 1. The Hall–Kier alpha value is -1.88. The summed E-state index contributed by atoms with van der Waals surface area (Å²) in [4.78, 5) is 26.5. The Bertz CT molecular complexity index is 588. The predicted molar refractivity (Wildman–Crippen MR) is 88.9 cm³/mol. The van der Waals surface area contributed by atoms with Gasteiger partial charge in [-0.1, -0.05) is 37.3 Å². The fourth-order valence-corrected chi connectivity index (χ4v) is 4.01. The van der Waals surface area contributed by atoms with Crippen molar-refractivity contribution in [3.05, 3.63) is 35.9 Å². The summed E-state index contributed by atoms with van der Waals surface area (Å²) in [5, 5.41) is 0. The second kappa shape index (κ2) is 7.34. The lowest BCUT2D eigenvalue weighted by Gasteiger charge is -2.41. The highest BCUT2D eigenvalue weighted by molar-refractivity contribution is 5.80. The number of ether oxygens (including phenoxy) is 2. The van der Waals surface area contributed by atoms with Crippen molar-refractivity contribution in [1.29, 1.82) is 0 Å². The van der Waals surface area contributed by atoms with Crippen molar-refractivity contribution in [2.45, 2.75) is 45.4 Å².